The van der Waals surface area contributed by atoms with Crippen molar-refractivity contribution in [2.45, 2.75) is 31.1 Å². The van der Waals surface area contributed by atoms with E-state index in [0.717, 1.165) is 16.9 Å². The zero-order valence-electron chi connectivity index (χ0n) is 13.4. The summed E-state index contributed by atoms with van der Waals surface area (Å²) in [6, 6.07) is 11.1. The van der Waals surface area contributed by atoms with Gasteiger partial charge in [0, 0.05) is 6.07 Å². The molecule has 0 aliphatic carbocycles. The zero-order chi connectivity index (χ0) is 17.5. The van der Waals surface area contributed by atoms with E-state index in [0.29, 0.717) is 10.3 Å². The number of fused-ring (bicyclic) bond motifs is 1. The lowest BCUT2D eigenvalue weighted by molar-refractivity contribution is 0.485. The van der Waals surface area contributed by atoms with Gasteiger partial charge in [0.15, 0.2) is 5.58 Å². The fourth-order valence-electron chi connectivity index (χ4n) is 2.20. The third-order valence-corrected chi connectivity index (χ3v) is 5.59. The molecule has 3 rings (SSSR count). The molecule has 0 radical (unpaired) electrons. The van der Waals surface area contributed by atoms with Gasteiger partial charge in [-0.05, 0) is 35.2 Å². The van der Waals surface area contributed by atoms with Crippen molar-refractivity contribution in [1.82, 2.24) is 0 Å². The first-order valence-corrected chi connectivity index (χ1v) is 9.46. The second-order valence-electron chi connectivity index (χ2n) is 6.37. The van der Waals surface area contributed by atoms with Crippen LogP contribution in [-0.2, 0) is 15.5 Å². The van der Waals surface area contributed by atoms with Crippen LogP contribution in [0.15, 0.2) is 56.6 Å². The molecule has 3 aromatic rings. The molecule has 0 N–H and O–H groups in total. The Morgan fingerprint density at radius 1 is 1.04 bits per heavy atom. The van der Waals surface area contributed by atoms with Crippen LogP contribution in [0.1, 0.15) is 26.3 Å². The quantitative estimate of drug-likeness (QED) is 0.659. The summed E-state index contributed by atoms with van der Waals surface area (Å²) in [5.41, 5.74) is 1.27. The van der Waals surface area contributed by atoms with E-state index in [2.05, 4.69) is 20.8 Å². The van der Waals surface area contributed by atoms with E-state index < -0.39 is 15.1 Å². The van der Waals surface area contributed by atoms with Gasteiger partial charge in [-0.2, -0.15) is 8.42 Å². The maximum atomic E-state index is 12.4. The predicted molar refractivity (Wildman–Crippen MR) is 93.3 cm³/mol. The molecule has 5 nitrogen and oxygen atoms in total. The van der Waals surface area contributed by atoms with Gasteiger partial charge in [0.05, 0.1) is 4.70 Å². The van der Waals surface area contributed by atoms with Crippen LogP contribution in [0.4, 0.5) is 0 Å². The van der Waals surface area contributed by atoms with Crippen molar-refractivity contribution in [3.8, 4) is 5.75 Å². The monoisotopic (exact) mass is 364 g/mol. The minimum Gasteiger partial charge on any atom is -0.414 e. The maximum Gasteiger partial charge on any atom is 0.396 e. The average Bonchev–Trinajstić information content (AvgIpc) is 2.85. The van der Waals surface area contributed by atoms with Gasteiger partial charge in [-0.15, -0.1) is 0 Å². The van der Waals surface area contributed by atoms with Gasteiger partial charge < -0.3 is 8.60 Å². The molecule has 1 aromatic heterocycles. The van der Waals surface area contributed by atoms with Crippen molar-refractivity contribution < 1.29 is 17.0 Å². The Hall–Kier alpha value is -2.12. The average molecular weight is 364 g/mol. The summed E-state index contributed by atoms with van der Waals surface area (Å²) in [5.74, 6) is 0.101. The lowest BCUT2D eigenvalue weighted by Crippen LogP contribution is -2.13. The zero-order valence-corrected chi connectivity index (χ0v) is 15.0. The van der Waals surface area contributed by atoms with Gasteiger partial charge in [-0.25, -0.2) is 4.79 Å². The van der Waals surface area contributed by atoms with E-state index in [1.54, 1.807) is 18.2 Å². The van der Waals surface area contributed by atoms with Crippen LogP contribution < -0.4 is 9.12 Å². The Morgan fingerprint density at radius 2 is 1.71 bits per heavy atom. The van der Waals surface area contributed by atoms with E-state index in [1.165, 1.54) is 24.3 Å². The largest absolute Gasteiger partial charge is 0.414 e. The summed E-state index contributed by atoms with van der Waals surface area (Å²) in [5, 5.41) is 0. The number of benzene rings is 2. The Balaban J connectivity index is 1.90. The smallest absolute Gasteiger partial charge is 0.396 e. The Morgan fingerprint density at radius 3 is 2.33 bits per heavy atom. The molecular weight excluding hydrogens is 348 g/mol. The van der Waals surface area contributed by atoms with E-state index in [9.17, 15) is 13.2 Å². The molecule has 0 unspecified atom stereocenters. The van der Waals surface area contributed by atoms with E-state index in [-0.39, 0.29) is 16.1 Å². The standard InChI is InChI=1S/C17H16O5S2/c1-17(2,3)11-4-7-13(8-5-11)24(19,20)22-12-6-9-15-14(10-12)21-16(18)23-15/h4-10H,1-3H3. The fourth-order valence-corrected chi connectivity index (χ4v) is 3.77. The highest BCUT2D eigenvalue weighted by atomic mass is 32.2. The number of rotatable bonds is 3. The number of hydrogen-bond donors (Lipinski definition) is 0. The summed E-state index contributed by atoms with van der Waals surface area (Å²) in [6.45, 7) is 6.16. The lowest BCUT2D eigenvalue weighted by atomic mass is 9.87. The Bertz CT molecular complexity index is 1040. The number of hydrogen-bond acceptors (Lipinski definition) is 6. The highest BCUT2D eigenvalue weighted by molar-refractivity contribution is 7.87. The first-order chi connectivity index (χ1) is 11.1. The lowest BCUT2D eigenvalue weighted by Gasteiger charge is -2.19. The van der Waals surface area contributed by atoms with Crippen LogP contribution in [-0.4, -0.2) is 8.42 Å². The molecule has 24 heavy (non-hydrogen) atoms. The molecule has 0 spiro atoms. The highest BCUT2D eigenvalue weighted by Crippen LogP contribution is 2.27. The molecule has 0 amide bonds. The third-order valence-electron chi connectivity index (χ3n) is 3.52. The molecule has 0 saturated heterocycles. The molecule has 7 heteroatoms. The minimum atomic E-state index is -3.95. The molecule has 2 aromatic carbocycles. The van der Waals surface area contributed by atoms with E-state index >= 15 is 0 Å². The van der Waals surface area contributed by atoms with Crippen molar-refractivity contribution in [3.05, 3.63) is 57.8 Å². The van der Waals surface area contributed by atoms with Crippen LogP contribution in [0.5, 0.6) is 5.75 Å². The van der Waals surface area contributed by atoms with Crippen molar-refractivity contribution in [1.29, 1.82) is 0 Å². The third kappa shape index (κ3) is 3.37. The van der Waals surface area contributed by atoms with Crippen LogP contribution in [0.25, 0.3) is 10.3 Å². The first kappa shape index (κ1) is 16.7. The molecule has 126 valence electrons. The Kier molecular flexibility index (Phi) is 4.01. The molecule has 0 fully saturated rings. The van der Waals surface area contributed by atoms with Gasteiger partial charge in [0.25, 0.3) is 0 Å². The van der Waals surface area contributed by atoms with E-state index in [1.807, 2.05) is 0 Å². The van der Waals surface area contributed by atoms with E-state index in [4.69, 9.17) is 8.60 Å². The summed E-state index contributed by atoms with van der Waals surface area (Å²) in [6.07, 6.45) is 0. The van der Waals surface area contributed by atoms with Gasteiger partial charge in [-0.1, -0.05) is 44.2 Å². The second-order valence-corrected chi connectivity index (χ2v) is 8.90. The molecule has 1 heterocycles. The molecule has 0 bridgehead atoms. The Labute approximate surface area is 143 Å². The first-order valence-electron chi connectivity index (χ1n) is 7.24. The van der Waals surface area contributed by atoms with Gasteiger partial charge in [0.2, 0.25) is 0 Å². The summed E-state index contributed by atoms with van der Waals surface area (Å²) in [7, 11) is -3.95. The topological polar surface area (TPSA) is 73.6 Å². The van der Waals surface area contributed by atoms with Crippen LogP contribution in [0.3, 0.4) is 0 Å². The minimum absolute atomic E-state index is 0.0648. The predicted octanol–water partition coefficient (Wildman–Crippen LogP) is 3.92. The normalized spacial score (nSPS) is 12.5. The van der Waals surface area contributed by atoms with Crippen molar-refractivity contribution >= 4 is 31.7 Å². The fraction of sp³-hybridized carbons (Fsp3) is 0.235. The van der Waals surface area contributed by atoms with Crippen LogP contribution in [0.2, 0.25) is 0 Å². The SMILES string of the molecule is CC(C)(C)c1ccc(S(=O)(=O)Oc2ccc3sc(=O)oc3c2)cc1. The summed E-state index contributed by atoms with van der Waals surface area (Å²) >= 11 is 0.952. The summed E-state index contributed by atoms with van der Waals surface area (Å²) in [4.78, 5) is 10.8. The molecule has 0 atom stereocenters. The van der Waals surface area contributed by atoms with Gasteiger partial charge >= 0.3 is 15.1 Å². The van der Waals surface area contributed by atoms with Crippen LogP contribution >= 0.6 is 11.3 Å². The molecular formula is C17H16O5S2. The molecule has 0 saturated carbocycles. The van der Waals surface area contributed by atoms with Crippen LogP contribution in [0, 0.1) is 0 Å². The molecule has 0 aliphatic rings. The highest BCUT2D eigenvalue weighted by Gasteiger charge is 2.19. The molecule has 0 aliphatic heterocycles. The van der Waals surface area contributed by atoms with Gasteiger partial charge in [0.1, 0.15) is 10.6 Å². The van der Waals surface area contributed by atoms with Crippen molar-refractivity contribution in [3.63, 3.8) is 0 Å². The summed E-state index contributed by atoms with van der Waals surface area (Å²) < 4.78 is 35.5. The second kappa shape index (κ2) is 5.75. The maximum absolute atomic E-state index is 12.4. The van der Waals surface area contributed by atoms with Crippen molar-refractivity contribution in [2.24, 2.45) is 0 Å². The van der Waals surface area contributed by atoms with Gasteiger partial charge in [-0.3, -0.25) is 0 Å². The van der Waals surface area contributed by atoms with Crippen molar-refractivity contribution in [2.75, 3.05) is 0 Å².